The summed E-state index contributed by atoms with van der Waals surface area (Å²) in [6.07, 6.45) is 0. The van der Waals surface area contributed by atoms with Crippen LogP contribution in [0.3, 0.4) is 0 Å². The van der Waals surface area contributed by atoms with E-state index in [-0.39, 0.29) is 0 Å². The molecule has 0 aromatic heterocycles. The molecule has 1 N–H and O–H groups in total. The molecule has 3 nitrogen and oxygen atoms in total. The van der Waals surface area contributed by atoms with Crippen LogP contribution in [0.4, 0.5) is 0 Å². The number of nitrogens with zero attached hydrogens (tertiary/aromatic N) is 1. The number of hydrogen-bond donors (Lipinski definition) is 1. The van der Waals surface area contributed by atoms with Gasteiger partial charge in [0.05, 0.1) is 0 Å². The monoisotopic (exact) mass is 250 g/mol. The van der Waals surface area contributed by atoms with Crippen molar-refractivity contribution in [1.82, 2.24) is 10.2 Å². The van der Waals surface area contributed by atoms with E-state index in [1.54, 1.807) is 0 Å². The average Bonchev–Trinajstić information content (AvgIpc) is 2.79. The topological polar surface area (TPSA) is 32.3 Å². The van der Waals surface area contributed by atoms with Gasteiger partial charge in [0.25, 0.3) is 0 Å². The minimum Gasteiger partial charge on any atom is -0.309 e. The lowest BCUT2D eigenvalue weighted by Crippen LogP contribution is -2.37. The quantitative estimate of drug-likeness (QED) is 0.845. The highest BCUT2D eigenvalue weighted by molar-refractivity contribution is 7.85. The Morgan fingerprint density at radius 3 is 2.76 bits per heavy atom. The Balaban J connectivity index is 1.67. The summed E-state index contributed by atoms with van der Waals surface area (Å²) in [5.41, 5.74) is 4.27. The molecule has 0 unspecified atom stereocenters. The highest BCUT2D eigenvalue weighted by atomic mass is 32.2. The summed E-state index contributed by atoms with van der Waals surface area (Å²) >= 11 is 0. The summed E-state index contributed by atoms with van der Waals surface area (Å²) in [4.78, 5) is 2.41. The fraction of sp³-hybridized carbons (Fsp3) is 0.538. The van der Waals surface area contributed by atoms with E-state index in [4.69, 9.17) is 0 Å². The highest BCUT2D eigenvalue weighted by Gasteiger charge is 2.16. The van der Waals surface area contributed by atoms with Crippen molar-refractivity contribution in [2.75, 3.05) is 24.6 Å². The Kier molecular flexibility index (Phi) is 3.27. The molecule has 0 aliphatic carbocycles. The lowest BCUT2D eigenvalue weighted by atomic mass is 10.1. The zero-order valence-corrected chi connectivity index (χ0v) is 10.8. The van der Waals surface area contributed by atoms with Gasteiger partial charge in [0, 0.05) is 55.0 Å². The fourth-order valence-electron chi connectivity index (χ4n) is 2.54. The second-order valence-electron chi connectivity index (χ2n) is 4.83. The van der Waals surface area contributed by atoms with Crippen LogP contribution in [0.15, 0.2) is 18.2 Å². The van der Waals surface area contributed by atoms with Gasteiger partial charge in [0.1, 0.15) is 0 Å². The SMILES string of the molecule is O=S1CCN(Cc2ccc3c(c2)CNC3)CC1. The molecule has 3 rings (SSSR count). The Hall–Kier alpha value is -0.710. The zero-order chi connectivity index (χ0) is 11.7. The molecular weight excluding hydrogens is 232 g/mol. The van der Waals surface area contributed by atoms with Crippen LogP contribution in [0.2, 0.25) is 0 Å². The molecular formula is C13H18N2OS. The predicted octanol–water partition coefficient (Wildman–Crippen LogP) is 0.854. The van der Waals surface area contributed by atoms with Gasteiger partial charge in [0.15, 0.2) is 0 Å². The van der Waals surface area contributed by atoms with E-state index in [1.165, 1.54) is 16.7 Å². The molecule has 1 aromatic rings. The molecule has 17 heavy (non-hydrogen) atoms. The summed E-state index contributed by atoms with van der Waals surface area (Å²) in [6, 6.07) is 6.80. The van der Waals surface area contributed by atoms with Crippen LogP contribution in [-0.2, 0) is 30.4 Å². The third kappa shape index (κ3) is 2.59. The van der Waals surface area contributed by atoms with Crippen molar-refractivity contribution >= 4 is 10.8 Å². The van der Waals surface area contributed by atoms with Gasteiger partial charge in [0.2, 0.25) is 0 Å². The van der Waals surface area contributed by atoms with Crippen molar-refractivity contribution in [2.24, 2.45) is 0 Å². The molecule has 2 heterocycles. The minimum absolute atomic E-state index is 0.570. The number of hydrogen-bond acceptors (Lipinski definition) is 3. The molecule has 92 valence electrons. The maximum Gasteiger partial charge on any atom is 0.0363 e. The van der Waals surface area contributed by atoms with E-state index >= 15 is 0 Å². The molecule has 0 spiro atoms. The standard InChI is InChI=1S/C13H18N2OS/c16-17-5-3-15(4-6-17)10-11-1-2-12-8-14-9-13(12)7-11/h1-2,7,14H,3-6,8-10H2. The van der Waals surface area contributed by atoms with E-state index in [0.29, 0.717) is 0 Å². The van der Waals surface area contributed by atoms with E-state index < -0.39 is 10.8 Å². The molecule has 0 radical (unpaired) electrons. The molecule has 2 aliphatic heterocycles. The summed E-state index contributed by atoms with van der Waals surface area (Å²) in [7, 11) is -0.570. The zero-order valence-electron chi connectivity index (χ0n) is 9.95. The van der Waals surface area contributed by atoms with Gasteiger partial charge in [-0.3, -0.25) is 9.11 Å². The minimum atomic E-state index is -0.570. The molecule has 1 aromatic carbocycles. The summed E-state index contributed by atoms with van der Waals surface area (Å²) in [6.45, 7) is 4.97. The van der Waals surface area contributed by atoms with Gasteiger partial charge in [-0.05, 0) is 16.7 Å². The third-order valence-electron chi connectivity index (χ3n) is 3.58. The molecule has 4 heteroatoms. The van der Waals surface area contributed by atoms with Gasteiger partial charge < -0.3 is 5.32 Å². The van der Waals surface area contributed by atoms with Crippen LogP contribution in [0.1, 0.15) is 16.7 Å². The Morgan fingerprint density at radius 2 is 1.94 bits per heavy atom. The molecule has 1 saturated heterocycles. The van der Waals surface area contributed by atoms with Crippen LogP contribution in [0.25, 0.3) is 0 Å². The molecule has 0 atom stereocenters. The predicted molar refractivity (Wildman–Crippen MR) is 70.1 cm³/mol. The van der Waals surface area contributed by atoms with E-state index in [9.17, 15) is 4.21 Å². The normalized spacial score (nSPS) is 21.6. The first kappa shape index (κ1) is 11.4. The number of fused-ring (bicyclic) bond motifs is 1. The number of nitrogens with one attached hydrogen (secondary N) is 1. The maximum absolute atomic E-state index is 11.3. The smallest absolute Gasteiger partial charge is 0.0363 e. The second-order valence-corrected chi connectivity index (χ2v) is 6.53. The fourth-order valence-corrected chi connectivity index (χ4v) is 3.67. The maximum atomic E-state index is 11.3. The van der Waals surface area contributed by atoms with Crippen LogP contribution in [0.5, 0.6) is 0 Å². The lowest BCUT2D eigenvalue weighted by Gasteiger charge is -2.26. The first-order chi connectivity index (χ1) is 8.31. The highest BCUT2D eigenvalue weighted by Crippen LogP contribution is 2.18. The second kappa shape index (κ2) is 4.88. The van der Waals surface area contributed by atoms with Gasteiger partial charge in [-0.1, -0.05) is 18.2 Å². The van der Waals surface area contributed by atoms with Gasteiger partial charge in [-0.2, -0.15) is 0 Å². The number of rotatable bonds is 2. The Labute approximate surface area is 105 Å². The van der Waals surface area contributed by atoms with Crippen LogP contribution in [-0.4, -0.2) is 33.7 Å². The van der Waals surface area contributed by atoms with E-state index in [0.717, 1.165) is 44.2 Å². The van der Waals surface area contributed by atoms with E-state index in [2.05, 4.69) is 28.4 Å². The van der Waals surface area contributed by atoms with Crippen molar-refractivity contribution < 1.29 is 4.21 Å². The summed E-state index contributed by atoms with van der Waals surface area (Å²) in [5.74, 6) is 1.68. The van der Waals surface area contributed by atoms with Crippen LogP contribution >= 0.6 is 0 Å². The lowest BCUT2D eigenvalue weighted by molar-refractivity contribution is 0.291. The van der Waals surface area contributed by atoms with E-state index in [1.807, 2.05) is 0 Å². The summed E-state index contributed by atoms with van der Waals surface area (Å²) in [5, 5.41) is 3.37. The molecule has 1 fully saturated rings. The molecule has 2 aliphatic rings. The molecule has 0 bridgehead atoms. The van der Waals surface area contributed by atoms with Crippen molar-refractivity contribution in [2.45, 2.75) is 19.6 Å². The van der Waals surface area contributed by atoms with Gasteiger partial charge in [-0.25, -0.2) is 0 Å². The Morgan fingerprint density at radius 1 is 1.18 bits per heavy atom. The summed E-state index contributed by atoms with van der Waals surface area (Å²) < 4.78 is 11.3. The Bertz CT molecular complexity index is 437. The van der Waals surface area contributed by atoms with Gasteiger partial charge in [-0.15, -0.1) is 0 Å². The largest absolute Gasteiger partial charge is 0.309 e. The molecule has 0 saturated carbocycles. The average molecular weight is 250 g/mol. The third-order valence-corrected chi connectivity index (χ3v) is 4.85. The van der Waals surface area contributed by atoms with Crippen molar-refractivity contribution in [3.63, 3.8) is 0 Å². The first-order valence-corrected chi connectivity index (χ1v) is 7.69. The molecule has 0 amide bonds. The first-order valence-electron chi connectivity index (χ1n) is 6.20. The van der Waals surface area contributed by atoms with Crippen molar-refractivity contribution in [3.8, 4) is 0 Å². The van der Waals surface area contributed by atoms with Crippen molar-refractivity contribution in [1.29, 1.82) is 0 Å². The van der Waals surface area contributed by atoms with Crippen LogP contribution < -0.4 is 5.32 Å². The van der Waals surface area contributed by atoms with Gasteiger partial charge >= 0.3 is 0 Å². The number of benzene rings is 1. The van der Waals surface area contributed by atoms with Crippen LogP contribution in [0, 0.1) is 0 Å². The van der Waals surface area contributed by atoms with Crippen molar-refractivity contribution in [3.05, 3.63) is 34.9 Å².